The van der Waals surface area contributed by atoms with Crippen molar-refractivity contribution in [3.63, 3.8) is 0 Å². The smallest absolute Gasteiger partial charge is 0.338 e. The van der Waals surface area contributed by atoms with E-state index in [1.54, 1.807) is 13.0 Å². The highest BCUT2D eigenvalue weighted by Crippen LogP contribution is 2.42. The van der Waals surface area contributed by atoms with E-state index in [1.807, 2.05) is 18.2 Å². The Labute approximate surface area is 158 Å². The molecular formula is C21H22ClNO3. The van der Waals surface area contributed by atoms with Crippen molar-refractivity contribution in [3.05, 3.63) is 58.1 Å². The molecule has 0 fully saturated rings. The lowest BCUT2D eigenvalue weighted by atomic mass is 9.70. The van der Waals surface area contributed by atoms with Crippen LogP contribution in [0.4, 0.5) is 5.69 Å². The first-order chi connectivity index (χ1) is 12.6. The second-order valence-corrected chi connectivity index (χ2v) is 7.45. The van der Waals surface area contributed by atoms with Gasteiger partial charge in [-0.3, -0.25) is 0 Å². The molecule has 0 bridgehead atoms. The topological polar surface area (TPSA) is 47.6 Å². The summed E-state index contributed by atoms with van der Waals surface area (Å²) in [5, 5.41) is 4.30. The number of fused-ring (bicyclic) bond motifs is 3. The van der Waals surface area contributed by atoms with Crippen molar-refractivity contribution in [2.45, 2.75) is 31.6 Å². The minimum atomic E-state index is -0.311. The maximum Gasteiger partial charge on any atom is 0.338 e. The van der Waals surface area contributed by atoms with Crippen molar-refractivity contribution < 1.29 is 14.3 Å². The number of hydrogen-bond acceptors (Lipinski definition) is 4. The number of ether oxygens (including phenoxy) is 2. The van der Waals surface area contributed by atoms with Gasteiger partial charge >= 0.3 is 5.97 Å². The fourth-order valence-electron chi connectivity index (χ4n) is 4.04. The normalized spacial score (nSPS) is 21.0. The Morgan fingerprint density at radius 3 is 3.04 bits per heavy atom. The van der Waals surface area contributed by atoms with Crippen molar-refractivity contribution in [3.8, 4) is 5.75 Å². The third-order valence-electron chi connectivity index (χ3n) is 5.35. The average Bonchev–Trinajstić information content (AvgIpc) is 2.82. The van der Waals surface area contributed by atoms with Gasteiger partial charge in [0.05, 0.1) is 24.5 Å². The molecule has 1 spiro atoms. The maximum absolute atomic E-state index is 12.0. The molecule has 5 heteroatoms. The lowest BCUT2D eigenvalue weighted by molar-refractivity contribution is 0.0526. The molecule has 2 aromatic rings. The van der Waals surface area contributed by atoms with Gasteiger partial charge in [-0.1, -0.05) is 17.7 Å². The highest BCUT2D eigenvalue weighted by atomic mass is 35.5. The molecule has 1 atom stereocenters. The summed E-state index contributed by atoms with van der Waals surface area (Å²) in [6.07, 6.45) is 3.23. The van der Waals surface area contributed by atoms with Gasteiger partial charge in [-0.2, -0.15) is 0 Å². The summed E-state index contributed by atoms with van der Waals surface area (Å²) in [6, 6.07) is 11.6. The lowest BCUT2D eigenvalue weighted by Crippen LogP contribution is -2.41. The number of anilines is 1. The van der Waals surface area contributed by atoms with E-state index in [0.717, 1.165) is 42.3 Å². The first-order valence-corrected chi connectivity index (χ1v) is 9.46. The van der Waals surface area contributed by atoms with Crippen LogP contribution in [0.25, 0.3) is 0 Å². The van der Waals surface area contributed by atoms with Gasteiger partial charge in [0.2, 0.25) is 0 Å². The molecule has 1 aliphatic carbocycles. The first-order valence-electron chi connectivity index (χ1n) is 9.08. The Bertz CT molecular complexity index is 851. The van der Waals surface area contributed by atoms with Crippen LogP contribution >= 0.6 is 11.6 Å². The highest BCUT2D eigenvalue weighted by Gasteiger charge is 2.39. The fourth-order valence-corrected chi connectivity index (χ4v) is 4.23. The predicted molar refractivity (Wildman–Crippen MR) is 102 cm³/mol. The zero-order valence-electron chi connectivity index (χ0n) is 14.8. The van der Waals surface area contributed by atoms with Crippen molar-refractivity contribution >= 4 is 23.3 Å². The van der Waals surface area contributed by atoms with E-state index in [1.165, 1.54) is 11.1 Å². The fraction of sp³-hybridized carbons (Fsp3) is 0.381. The zero-order valence-corrected chi connectivity index (χ0v) is 15.6. The van der Waals surface area contributed by atoms with Crippen molar-refractivity contribution in [2.24, 2.45) is 0 Å². The van der Waals surface area contributed by atoms with Gasteiger partial charge in [-0.15, -0.1) is 0 Å². The maximum atomic E-state index is 12.0. The van der Waals surface area contributed by atoms with Crippen molar-refractivity contribution in [1.29, 1.82) is 0 Å². The van der Waals surface area contributed by atoms with Gasteiger partial charge in [0, 0.05) is 17.0 Å². The second-order valence-electron chi connectivity index (χ2n) is 7.01. The van der Waals surface area contributed by atoms with Crippen LogP contribution in [0.2, 0.25) is 5.02 Å². The number of hydrogen-bond donors (Lipinski definition) is 1. The monoisotopic (exact) mass is 371 g/mol. The predicted octanol–water partition coefficient (Wildman–Crippen LogP) is 4.60. The van der Waals surface area contributed by atoms with E-state index in [0.29, 0.717) is 18.8 Å². The Balaban J connectivity index is 1.64. The average molecular weight is 372 g/mol. The van der Waals surface area contributed by atoms with Crippen LogP contribution in [-0.4, -0.2) is 25.7 Å². The molecule has 26 heavy (non-hydrogen) atoms. The van der Waals surface area contributed by atoms with Crippen LogP contribution < -0.4 is 10.1 Å². The van der Waals surface area contributed by atoms with E-state index in [9.17, 15) is 4.79 Å². The quantitative estimate of drug-likeness (QED) is 0.784. The highest BCUT2D eigenvalue weighted by molar-refractivity contribution is 6.30. The summed E-state index contributed by atoms with van der Waals surface area (Å²) in [4.78, 5) is 12.0. The van der Waals surface area contributed by atoms with Gasteiger partial charge < -0.3 is 14.8 Å². The summed E-state index contributed by atoms with van der Waals surface area (Å²) >= 11 is 6.19. The minimum absolute atomic E-state index is 0.0821. The van der Waals surface area contributed by atoms with E-state index in [4.69, 9.17) is 21.1 Å². The molecule has 1 N–H and O–H groups in total. The van der Waals surface area contributed by atoms with Gasteiger partial charge in [-0.25, -0.2) is 4.79 Å². The van der Waals surface area contributed by atoms with Crippen molar-refractivity contribution in [1.82, 2.24) is 0 Å². The van der Waals surface area contributed by atoms with Gasteiger partial charge in [-0.05, 0) is 67.6 Å². The zero-order chi connectivity index (χ0) is 18.1. The standard InChI is InChI=1S/C21H22ClNO3/c1-2-25-20(24)15-5-8-19-18(11-15)23-12-21(13-26-19)9-3-4-14-10-16(22)6-7-17(14)21/h5-8,10-11,23H,2-4,9,12-13H2,1H3/t21-/m0/s1. The molecule has 2 aromatic carbocycles. The summed E-state index contributed by atoms with van der Waals surface area (Å²) in [5.41, 5.74) is 3.93. The molecule has 1 heterocycles. The number of nitrogens with one attached hydrogen (secondary N) is 1. The molecule has 1 aliphatic heterocycles. The molecule has 0 amide bonds. The minimum Gasteiger partial charge on any atom is -0.490 e. The molecule has 4 rings (SSSR count). The first kappa shape index (κ1) is 17.2. The Morgan fingerprint density at radius 1 is 1.31 bits per heavy atom. The van der Waals surface area contributed by atoms with Crippen LogP contribution in [0.3, 0.4) is 0 Å². The molecule has 0 saturated carbocycles. The van der Waals surface area contributed by atoms with Crippen LogP contribution in [0.1, 0.15) is 41.3 Å². The van der Waals surface area contributed by atoms with E-state index in [-0.39, 0.29) is 11.4 Å². The SMILES string of the molecule is CCOC(=O)c1ccc2c(c1)NC[C@@]1(CCCc3cc(Cl)ccc31)CO2. The van der Waals surface area contributed by atoms with Gasteiger partial charge in [0.15, 0.2) is 0 Å². The van der Waals surface area contributed by atoms with Gasteiger partial charge in [0.25, 0.3) is 0 Å². The molecule has 0 radical (unpaired) electrons. The molecule has 0 unspecified atom stereocenters. The number of rotatable bonds is 2. The molecule has 0 aromatic heterocycles. The van der Waals surface area contributed by atoms with Crippen LogP contribution in [0.15, 0.2) is 36.4 Å². The van der Waals surface area contributed by atoms with E-state index >= 15 is 0 Å². The summed E-state index contributed by atoms with van der Waals surface area (Å²) in [6.45, 7) is 3.54. The number of carbonyl (C=O) groups is 1. The van der Waals surface area contributed by atoms with Gasteiger partial charge in [0.1, 0.15) is 5.75 Å². The Kier molecular flexibility index (Phi) is 4.53. The summed E-state index contributed by atoms with van der Waals surface area (Å²) in [7, 11) is 0. The third kappa shape index (κ3) is 3.03. The number of carbonyl (C=O) groups excluding carboxylic acids is 1. The Morgan fingerprint density at radius 2 is 2.19 bits per heavy atom. The molecule has 4 nitrogen and oxygen atoms in total. The molecule has 136 valence electrons. The second kappa shape index (κ2) is 6.84. The number of halogens is 1. The molecule has 2 aliphatic rings. The number of esters is 1. The van der Waals surface area contributed by atoms with E-state index in [2.05, 4.69) is 17.4 Å². The lowest BCUT2D eigenvalue weighted by Gasteiger charge is -2.37. The molecule has 0 saturated heterocycles. The van der Waals surface area contributed by atoms with Crippen molar-refractivity contribution in [2.75, 3.05) is 25.1 Å². The Hall–Kier alpha value is -2.20. The number of benzene rings is 2. The van der Waals surface area contributed by atoms with E-state index < -0.39 is 0 Å². The number of aryl methyl sites for hydroxylation is 1. The largest absolute Gasteiger partial charge is 0.490 e. The van der Waals surface area contributed by atoms with Crippen LogP contribution in [-0.2, 0) is 16.6 Å². The third-order valence-corrected chi connectivity index (χ3v) is 5.59. The summed E-state index contributed by atoms with van der Waals surface area (Å²) in [5.74, 6) is 0.463. The molecular weight excluding hydrogens is 350 g/mol. The van der Waals surface area contributed by atoms with Crippen LogP contribution in [0, 0.1) is 0 Å². The summed E-state index contributed by atoms with van der Waals surface area (Å²) < 4.78 is 11.3. The van der Waals surface area contributed by atoms with Crippen LogP contribution in [0.5, 0.6) is 5.75 Å².